The lowest BCUT2D eigenvalue weighted by Crippen LogP contribution is -2.06. The molecule has 0 unspecified atom stereocenters. The van der Waals surface area contributed by atoms with Crippen LogP contribution in [0.4, 0.5) is 5.69 Å². The van der Waals surface area contributed by atoms with E-state index in [4.69, 9.17) is 11.6 Å². The van der Waals surface area contributed by atoms with E-state index < -0.39 is 0 Å². The summed E-state index contributed by atoms with van der Waals surface area (Å²) in [6, 6.07) is 6.21. The number of nitrogens with zero attached hydrogens (tertiary/aromatic N) is 2. The zero-order valence-electron chi connectivity index (χ0n) is 10.6. The highest BCUT2D eigenvalue weighted by Crippen LogP contribution is 2.25. The standard InChI is InChI=1S/C13H15BrClN3/c1-8-4-5-11(10(14)6-8)16-7-12-13(15)9(2)17-18(12)3/h4-6,16H,7H2,1-3H3. The Kier molecular flexibility index (Phi) is 3.97. The van der Waals surface area contributed by atoms with Crippen LogP contribution in [-0.2, 0) is 13.6 Å². The van der Waals surface area contributed by atoms with Crippen molar-refractivity contribution in [1.29, 1.82) is 0 Å². The lowest BCUT2D eigenvalue weighted by Gasteiger charge is -2.09. The van der Waals surface area contributed by atoms with Gasteiger partial charge in [0.1, 0.15) is 0 Å². The fraction of sp³-hybridized carbons (Fsp3) is 0.308. The third-order valence-corrected chi connectivity index (χ3v) is 3.98. The summed E-state index contributed by atoms with van der Waals surface area (Å²) in [7, 11) is 1.90. The molecular formula is C13H15BrClN3. The van der Waals surface area contributed by atoms with Crippen LogP contribution in [-0.4, -0.2) is 9.78 Å². The Bertz CT molecular complexity index is 578. The fourth-order valence-corrected chi connectivity index (χ4v) is 2.67. The van der Waals surface area contributed by atoms with Gasteiger partial charge in [0.15, 0.2) is 0 Å². The van der Waals surface area contributed by atoms with Gasteiger partial charge in [-0.3, -0.25) is 4.68 Å². The van der Waals surface area contributed by atoms with E-state index in [0.717, 1.165) is 26.6 Å². The van der Waals surface area contributed by atoms with Crippen LogP contribution < -0.4 is 5.32 Å². The van der Waals surface area contributed by atoms with E-state index in [2.05, 4.69) is 51.5 Å². The van der Waals surface area contributed by atoms with E-state index >= 15 is 0 Å². The van der Waals surface area contributed by atoms with Crippen LogP contribution in [0.1, 0.15) is 17.0 Å². The van der Waals surface area contributed by atoms with Crippen LogP contribution in [0.5, 0.6) is 0 Å². The van der Waals surface area contributed by atoms with Crippen molar-refractivity contribution < 1.29 is 0 Å². The normalized spacial score (nSPS) is 10.7. The maximum Gasteiger partial charge on any atom is 0.0865 e. The molecule has 1 aromatic heterocycles. The zero-order valence-corrected chi connectivity index (χ0v) is 12.9. The molecule has 0 fully saturated rings. The van der Waals surface area contributed by atoms with Crippen molar-refractivity contribution in [3.63, 3.8) is 0 Å². The Morgan fingerprint density at radius 2 is 2.11 bits per heavy atom. The Labute approximate surface area is 120 Å². The van der Waals surface area contributed by atoms with Crippen molar-refractivity contribution in [3.05, 3.63) is 44.6 Å². The van der Waals surface area contributed by atoms with Crippen LogP contribution in [0, 0.1) is 13.8 Å². The Balaban J connectivity index is 2.16. The summed E-state index contributed by atoms with van der Waals surface area (Å²) in [6.45, 7) is 4.63. The predicted octanol–water partition coefficient (Wildman–Crippen LogP) is 4.06. The molecule has 1 N–H and O–H groups in total. The van der Waals surface area contributed by atoms with Crippen molar-refractivity contribution >= 4 is 33.2 Å². The number of hydrogen-bond donors (Lipinski definition) is 1. The van der Waals surface area contributed by atoms with E-state index in [9.17, 15) is 0 Å². The molecule has 3 nitrogen and oxygen atoms in total. The molecule has 0 aliphatic heterocycles. The van der Waals surface area contributed by atoms with Crippen molar-refractivity contribution in [2.45, 2.75) is 20.4 Å². The number of rotatable bonds is 3. The monoisotopic (exact) mass is 327 g/mol. The topological polar surface area (TPSA) is 29.9 Å². The summed E-state index contributed by atoms with van der Waals surface area (Å²) in [5, 5.41) is 8.38. The first kappa shape index (κ1) is 13.4. The molecule has 0 amide bonds. The van der Waals surface area contributed by atoms with E-state index in [1.54, 1.807) is 0 Å². The molecule has 0 spiro atoms. The second-order valence-electron chi connectivity index (χ2n) is 4.31. The molecule has 0 atom stereocenters. The summed E-state index contributed by atoms with van der Waals surface area (Å²) >= 11 is 9.76. The van der Waals surface area contributed by atoms with Gasteiger partial charge in [-0.1, -0.05) is 17.7 Å². The fourth-order valence-electron chi connectivity index (χ4n) is 1.81. The number of benzene rings is 1. The summed E-state index contributed by atoms with van der Waals surface area (Å²) in [6.07, 6.45) is 0. The molecule has 0 saturated carbocycles. The lowest BCUT2D eigenvalue weighted by atomic mass is 10.2. The third kappa shape index (κ3) is 2.70. The predicted molar refractivity (Wildman–Crippen MR) is 79.2 cm³/mol. The minimum absolute atomic E-state index is 0.651. The molecule has 2 aromatic rings. The number of aryl methyl sites for hydroxylation is 3. The maximum atomic E-state index is 6.21. The maximum absolute atomic E-state index is 6.21. The van der Waals surface area contributed by atoms with Crippen molar-refractivity contribution in [2.24, 2.45) is 7.05 Å². The molecule has 96 valence electrons. The minimum atomic E-state index is 0.651. The largest absolute Gasteiger partial charge is 0.378 e. The molecule has 18 heavy (non-hydrogen) atoms. The van der Waals surface area contributed by atoms with E-state index in [1.165, 1.54) is 5.56 Å². The van der Waals surface area contributed by atoms with Crippen molar-refractivity contribution in [1.82, 2.24) is 9.78 Å². The minimum Gasteiger partial charge on any atom is -0.378 e. The number of aromatic nitrogens is 2. The third-order valence-electron chi connectivity index (χ3n) is 2.83. The Hall–Kier alpha value is -1.00. The lowest BCUT2D eigenvalue weighted by molar-refractivity contribution is 0.713. The highest BCUT2D eigenvalue weighted by molar-refractivity contribution is 9.10. The Morgan fingerprint density at radius 1 is 1.39 bits per heavy atom. The molecule has 1 heterocycles. The molecule has 0 saturated heterocycles. The molecule has 0 bridgehead atoms. The quantitative estimate of drug-likeness (QED) is 0.920. The average molecular weight is 329 g/mol. The summed E-state index contributed by atoms with van der Waals surface area (Å²) in [5.74, 6) is 0. The number of halogens is 2. The molecule has 0 aliphatic rings. The van der Waals surface area contributed by atoms with Crippen LogP contribution >= 0.6 is 27.5 Å². The first-order valence-electron chi connectivity index (χ1n) is 5.67. The van der Waals surface area contributed by atoms with Gasteiger partial charge < -0.3 is 5.32 Å². The summed E-state index contributed by atoms with van der Waals surface area (Å²) in [5.41, 5.74) is 4.12. The van der Waals surface area contributed by atoms with E-state index in [-0.39, 0.29) is 0 Å². The molecule has 1 aromatic carbocycles. The highest BCUT2D eigenvalue weighted by Gasteiger charge is 2.11. The molecule has 5 heteroatoms. The molecular weight excluding hydrogens is 314 g/mol. The summed E-state index contributed by atoms with van der Waals surface area (Å²) < 4.78 is 2.87. The summed E-state index contributed by atoms with van der Waals surface area (Å²) in [4.78, 5) is 0. The van der Waals surface area contributed by atoms with Crippen LogP contribution in [0.2, 0.25) is 5.02 Å². The first-order valence-corrected chi connectivity index (χ1v) is 6.84. The first-order chi connectivity index (χ1) is 8.49. The van der Waals surface area contributed by atoms with E-state index in [1.807, 2.05) is 18.7 Å². The number of nitrogens with one attached hydrogen (secondary N) is 1. The highest BCUT2D eigenvalue weighted by atomic mass is 79.9. The van der Waals surface area contributed by atoms with Gasteiger partial charge in [0, 0.05) is 17.2 Å². The smallest absolute Gasteiger partial charge is 0.0865 e. The van der Waals surface area contributed by atoms with Gasteiger partial charge in [-0.05, 0) is 47.5 Å². The molecule has 0 aliphatic carbocycles. The number of anilines is 1. The molecule has 0 radical (unpaired) electrons. The Morgan fingerprint density at radius 3 is 2.67 bits per heavy atom. The average Bonchev–Trinajstić information content (AvgIpc) is 2.53. The van der Waals surface area contributed by atoms with Gasteiger partial charge in [-0.25, -0.2) is 0 Å². The van der Waals surface area contributed by atoms with Gasteiger partial charge >= 0.3 is 0 Å². The van der Waals surface area contributed by atoms with Gasteiger partial charge in [0.2, 0.25) is 0 Å². The zero-order chi connectivity index (χ0) is 13.3. The van der Waals surface area contributed by atoms with Crippen LogP contribution in [0.25, 0.3) is 0 Å². The van der Waals surface area contributed by atoms with E-state index in [0.29, 0.717) is 6.54 Å². The molecule has 2 rings (SSSR count). The van der Waals surface area contributed by atoms with Gasteiger partial charge in [-0.15, -0.1) is 0 Å². The van der Waals surface area contributed by atoms with Crippen LogP contribution in [0.3, 0.4) is 0 Å². The second-order valence-corrected chi connectivity index (χ2v) is 5.54. The SMILES string of the molecule is Cc1ccc(NCc2c(Cl)c(C)nn2C)c(Br)c1. The van der Waals surface area contributed by atoms with Crippen LogP contribution in [0.15, 0.2) is 22.7 Å². The van der Waals surface area contributed by atoms with Gasteiger partial charge in [0.25, 0.3) is 0 Å². The van der Waals surface area contributed by atoms with Gasteiger partial charge in [0.05, 0.1) is 23.0 Å². The number of hydrogen-bond acceptors (Lipinski definition) is 2. The second kappa shape index (κ2) is 5.33. The van der Waals surface area contributed by atoms with Crippen molar-refractivity contribution in [3.8, 4) is 0 Å². The van der Waals surface area contributed by atoms with Gasteiger partial charge in [-0.2, -0.15) is 5.10 Å². The van der Waals surface area contributed by atoms with Crippen molar-refractivity contribution in [2.75, 3.05) is 5.32 Å².